The molecule has 1 N–H and O–H groups in total. The number of rotatable bonds is 8. The highest BCUT2D eigenvalue weighted by Gasteiger charge is 2.28. The van der Waals surface area contributed by atoms with Gasteiger partial charge in [0.2, 0.25) is 0 Å². The van der Waals surface area contributed by atoms with Crippen molar-refractivity contribution >= 4 is 49.4 Å². The van der Waals surface area contributed by atoms with Gasteiger partial charge in [0.05, 0.1) is 22.5 Å². The first-order valence-electron chi connectivity index (χ1n) is 10.5. The first kappa shape index (κ1) is 25.5. The summed E-state index contributed by atoms with van der Waals surface area (Å²) in [6.07, 6.45) is 1.51. The van der Waals surface area contributed by atoms with Gasteiger partial charge < -0.3 is 4.90 Å². The second-order valence-corrected chi connectivity index (χ2v) is 10.7. The van der Waals surface area contributed by atoms with Crippen molar-refractivity contribution in [2.45, 2.75) is 18.7 Å². The Morgan fingerprint density at radius 1 is 1.00 bits per heavy atom. The number of hydrogen-bond acceptors (Lipinski definition) is 5. The third kappa shape index (κ3) is 5.84. The molecule has 34 heavy (non-hydrogen) atoms. The van der Waals surface area contributed by atoms with E-state index in [2.05, 4.69) is 26.5 Å². The van der Waals surface area contributed by atoms with E-state index < -0.39 is 22.5 Å². The average molecular weight is 543 g/mol. The summed E-state index contributed by atoms with van der Waals surface area (Å²) in [5.41, 5.74) is 6.39. The maximum Gasteiger partial charge on any atom is 0.264 e. The fraction of sp³-hybridized carbons (Fsp3) is 0.200. The third-order valence-electron chi connectivity index (χ3n) is 5.32. The summed E-state index contributed by atoms with van der Waals surface area (Å²) < 4.78 is 28.9. The van der Waals surface area contributed by atoms with Crippen LogP contribution in [0.4, 0.5) is 11.4 Å². The molecule has 0 spiro atoms. The molecule has 178 valence electrons. The predicted octanol–water partition coefficient (Wildman–Crippen LogP) is 4.48. The summed E-state index contributed by atoms with van der Waals surface area (Å²) >= 11 is 3.52. The van der Waals surface area contributed by atoms with Crippen molar-refractivity contribution in [2.75, 3.05) is 29.8 Å². The smallest absolute Gasteiger partial charge is 0.264 e. The number of halogens is 1. The highest BCUT2D eigenvalue weighted by molar-refractivity contribution is 9.10. The molecule has 0 bridgehead atoms. The zero-order chi connectivity index (χ0) is 24.9. The van der Waals surface area contributed by atoms with Gasteiger partial charge in [-0.05, 0) is 76.8 Å². The van der Waals surface area contributed by atoms with Crippen LogP contribution >= 0.6 is 15.9 Å². The Kier molecular flexibility index (Phi) is 8.11. The van der Waals surface area contributed by atoms with Gasteiger partial charge in [-0.3, -0.25) is 9.10 Å². The minimum absolute atomic E-state index is 0.109. The Labute approximate surface area is 209 Å². The molecule has 0 unspecified atom stereocenters. The number of carbonyl (C=O) groups is 1. The van der Waals surface area contributed by atoms with E-state index in [0.29, 0.717) is 5.69 Å². The van der Waals surface area contributed by atoms with Crippen LogP contribution in [0.25, 0.3) is 0 Å². The molecule has 0 atom stereocenters. The van der Waals surface area contributed by atoms with Crippen molar-refractivity contribution in [3.63, 3.8) is 0 Å². The molecule has 7 nitrogen and oxygen atoms in total. The lowest BCUT2D eigenvalue weighted by atomic mass is 10.1. The molecule has 3 aromatic rings. The van der Waals surface area contributed by atoms with Gasteiger partial charge in [-0.2, -0.15) is 5.10 Å². The molecule has 3 aromatic carbocycles. The molecule has 1 amide bonds. The molecule has 0 aliphatic carbocycles. The summed E-state index contributed by atoms with van der Waals surface area (Å²) in [7, 11) is -0.0870. The van der Waals surface area contributed by atoms with E-state index in [0.717, 1.165) is 31.2 Å². The van der Waals surface area contributed by atoms with Crippen LogP contribution in [0, 0.1) is 13.8 Å². The maximum atomic E-state index is 13.4. The van der Waals surface area contributed by atoms with Crippen LogP contribution in [-0.4, -0.2) is 41.2 Å². The highest BCUT2D eigenvalue weighted by Crippen LogP contribution is 2.28. The number of nitrogens with one attached hydrogen (secondary N) is 1. The van der Waals surface area contributed by atoms with Crippen molar-refractivity contribution in [3.8, 4) is 0 Å². The summed E-state index contributed by atoms with van der Waals surface area (Å²) in [4.78, 5) is 14.8. The molecule has 0 saturated heterocycles. The first-order valence-corrected chi connectivity index (χ1v) is 12.8. The SMILES string of the molecule is Cc1cccc(N(CC(=O)N/N=C/c2ccc(N(C)C)c(Br)c2)S(=O)(=O)c2ccccc2)c1C. The van der Waals surface area contributed by atoms with Crippen LogP contribution in [0.1, 0.15) is 16.7 Å². The standard InChI is InChI=1S/C25H27BrN4O3S/c1-18-9-8-12-23(19(18)2)30(34(32,33)21-10-6-5-7-11-21)17-25(31)28-27-16-20-13-14-24(29(3)4)22(26)15-20/h5-16H,17H2,1-4H3,(H,28,31)/b27-16+. The number of hydrazone groups is 1. The molecule has 0 saturated carbocycles. The Bertz CT molecular complexity index is 1310. The Balaban J connectivity index is 1.84. The van der Waals surface area contributed by atoms with Crippen molar-refractivity contribution in [2.24, 2.45) is 5.10 Å². The largest absolute Gasteiger partial charge is 0.377 e. The first-order chi connectivity index (χ1) is 16.1. The average Bonchev–Trinajstić information content (AvgIpc) is 2.80. The van der Waals surface area contributed by atoms with E-state index in [9.17, 15) is 13.2 Å². The molecule has 9 heteroatoms. The van der Waals surface area contributed by atoms with Crippen LogP contribution in [0.15, 0.2) is 81.2 Å². The van der Waals surface area contributed by atoms with Gasteiger partial charge >= 0.3 is 0 Å². The summed E-state index contributed by atoms with van der Waals surface area (Å²) in [6.45, 7) is 3.32. The molecule has 0 aromatic heterocycles. The summed E-state index contributed by atoms with van der Waals surface area (Å²) in [5.74, 6) is -0.555. The summed E-state index contributed by atoms with van der Waals surface area (Å²) in [6, 6.07) is 19.1. The second kappa shape index (κ2) is 10.8. The number of carbonyl (C=O) groups excluding carboxylic acids is 1. The van der Waals surface area contributed by atoms with Gasteiger partial charge in [0, 0.05) is 18.6 Å². The van der Waals surface area contributed by atoms with Crippen LogP contribution in [0.2, 0.25) is 0 Å². The van der Waals surface area contributed by atoms with E-state index in [1.54, 1.807) is 30.3 Å². The zero-order valence-electron chi connectivity index (χ0n) is 19.5. The van der Waals surface area contributed by atoms with Gasteiger partial charge in [-0.1, -0.05) is 36.4 Å². The zero-order valence-corrected chi connectivity index (χ0v) is 21.9. The number of nitrogens with zero attached hydrogens (tertiary/aromatic N) is 3. The van der Waals surface area contributed by atoms with Crippen LogP contribution < -0.4 is 14.6 Å². The number of anilines is 2. The van der Waals surface area contributed by atoms with Crippen molar-refractivity contribution < 1.29 is 13.2 Å². The lowest BCUT2D eigenvalue weighted by molar-refractivity contribution is -0.119. The summed E-state index contributed by atoms with van der Waals surface area (Å²) in [5, 5.41) is 4.02. The number of hydrogen-bond donors (Lipinski definition) is 1. The topological polar surface area (TPSA) is 82.1 Å². The van der Waals surface area contributed by atoms with Crippen molar-refractivity contribution in [1.82, 2.24) is 5.43 Å². The fourth-order valence-electron chi connectivity index (χ4n) is 3.34. The quantitative estimate of drug-likeness (QED) is 0.336. The van der Waals surface area contributed by atoms with E-state index >= 15 is 0 Å². The molecule has 0 radical (unpaired) electrons. The van der Waals surface area contributed by atoms with Gasteiger partial charge in [-0.25, -0.2) is 13.8 Å². The maximum absolute atomic E-state index is 13.4. The molecule has 3 rings (SSSR count). The van der Waals surface area contributed by atoms with Crippen molar-refractivity contribution in [3.05, 3.63) is 87.9 Å². The molecular formula is C25H27BrN4O3S. The van der Waals surface area contributed by atoms with E-state index in [1.165, 1.54) is 18.3 Å². The van der Waals surface area contributed by atoms with Gasteiger partial charge in [0.25, 0.3) is 15.9 Å². The predicted molar refractivity (Wildman–Crippen MR) is 141 cm³/mol. The molecular weight excluding hydrogens is 516 g/mol. The van der Waals surface area contributed by atoms with E-state index in [4.69, 9.17) is 0 Å². The number of aryl methyl sites for hydroxylation is 1. The van der Waals surface area contributed by atoms with E-state index in [-0.39, 0.29) is 4.90 Å². The minimum atomic E-state index is -3.97. The Morgan fingerprint density at radius 2 is 1.71 bits per heavy atom. The lowest BCUT2D eigenvalue weighted by Gasteiger charge is -2.26. The number of amides is 1. The number of sulfonamides is 1. The molecule has 0 aliphatic rings. The van der Waals surface area contributed by atoms with Crippen LogP contribution in [-0.2, 0) is 14.8 Å². The Hall–Kier alpha value is -3.17. The number of benzene rings is 3. The fourth-order valence-corrected chi connectivity index (χ4v) is 5.59. The highest BCUT2D eigenvalue weighted by atomic mass is 79.9. The molecule has 0 fully saturated rings. The van der Waals surface area contributed by atoms with Crippen LogP contribution in [0.3, 0.4) is 0 Å². The lowest BCUT2D eigenvalue weighted by Crippen LogP contribution is -2.40. The van der Waals surface area contributed by atoms with Gasteiger partial charge in [0.1, 0.15) is 6.54 Å². The minimum Gasteiger partial charge on any atom is -0.377 e. The second-order valence-electron chi connectivity index (χ2n) is 7.94. The molecule has 0 heterocycles. The Morgan fingerprint density at radius 3 is 2.35 bits per heavy atom. The van der Waals surface area contributed by atoms with Gasteiger partial charge in [0.15, 0.2) is 0 Å². The van der Waals surface area contributed by atoms with Crippen LogP contribution in [0.5, 0.6) is 0 Å². The normalized spacial score (nSPS) is 11.4. The molecule has 0 aliphatic heterocycles. The van der Waals surface area contributed by atoms with Gasteiger partial charge in [-0.15, -0.1) is 0 Å². The van der Waals surface area contributed by atoms with E-state index in [1.807, 2.05) is 57.1 Å². The third-order valence-corrected chi connectivity index (χ3v) is 7.73. The monoisotopic (exact) mass is 542 g/mol. The van der Waals surface area contributed by atoms with Crippen molar-refractivity contribution in [1.29, 1.82) is 0 Å².